The molecule has 368 valence electrons. The summed E-state index contributed by atoms with van der Waals surface area (Å²) in [5.41, 5.74) is 0. The molecule has 0 spiro atoms. The van der Waals surface area contributed by atoms with Gasteiger partial charge in [0.05, 0.1) is 39.9 Å². The lowest BCUT2D eigenvalue weighted by Crippen LogP contribution is -2.46. The van der Waals surface area contributed by atoms with E-state index in [1.807, 2.05) is 21.1 Å². The first-order valence-corrected chi connectivity index (χ1v) is 27.6. The van der Waals surface area contributed by atoms with Gasteiger partial charge in [-0.05, 0) is 57.8 Å². The Labute approximate surface area is 390 Å². The lowest BCUT2D eigenvalue weighted by atomic mass is 10.0. The molecule has 0 aromatic rings. The minimum atomic E-state index is -4.58. The predicted octanol–water partition coefficient (Wildman–Crippen LogP) is 14.7. The number of carbonyl (C=O) groups excluding carboxylic acids is 1. The van der Waals surface area contributed by atoms with Crippen LogP contribution in [-0.4, -0.2) is 68.5 Å². The number of aliphatic hydroxyl groups is 1. The number of nitrogens with one attached hydrogen (secondary N) is 1. The Kier molecular flexibility index (Phi) is 44.1. The molecular weight excluding hydrogens is 804 g/mol. The monoisotopic (exact) mass is 905 g/mol. The molecule has 8 nitrogen and oxygen atoms in total. The number of carbonyl (C=O) groups is 1. The van der Waals surface area contributed by atoms with E-state index >= 15 is 0 Å². The van der Waals surface area contributed by atoms with Crippen molar-refractivity contribution in [2.75, 3.05) is 40.9 Å². The topological polar surface area (TPSA) is 108 Å². The number of unbranched alkanes of at least 4 members (excludes halogenated alkanes) is 24. The molecule has 0 aliphatic carbocycles. The molecule has 0 aliphatic heterocycles. The Hall–Kier alpha value is -1.80. The summed E-state index contributed by atoms with van der Waals surface area (Å²) in [5.74, 6) is -0.177. The molecule has 3 atom stereocenters. The molecule has 0 aromatic carbocycles. The quantitative estimate of drug-likeness (QED) is 0.0273. The van der Waals surface area contributed by atoms with Gasteiger partial charge in [0.25, 0.3) is 7.82 Å². The highest BCUT2D eigenvalue weighted by Crippen LogP contribution is 2.38. The lowest BCUT2D eigenvalue weighted by molar-refractivity contribution is -0.870. The van der Waals surface area contributed by atoms with Crippen molar-refractivity contribution in [1.82, 2.24) is 5.32 Å². The first-order chi connectivity index (χ1) is 30.5. The van der Waals surface area contributed by atoms with Crippen molar-refractivity contribution in [1.29, 1.82) is 0 Å². The molecule has 2 N–H and O–H groups in total. The fourth-order valence-corrected chi connectivity index (χ4v) is 8.14. The second-order valence-corrected chi connectivity index (χ2v) is 20.3. The predicted molar refractivity (Wildman–Crippen MR) is 270 cm³/mol. The van der Waals surface area contributed by atoms with Crippen molar-refractivity contribution in [3.63, 3.8) is 0 Å². The second kappa shape index (κ2) is 45.4. The van der Waals surface area contributed by atoms with Crippen molar-refractivity contribution in [2.24, 2.45) is 0 Å². The van der Waals surface area contributed by atoms with Crippen molar-refractivity contribution in [3.8, 4) is 0 Å². The Morgan fingerprint density at radius 3 is 1.41 bits per heavy atom. The number of allylic oxidation sites excluding steroid dienone is 10. The average molecular weight is 905 g/mol. The molecule has 0 saturated carbocycles. The number of hydrogen-bond donors (Lipinski definition) is 2. The summed E-state index contributed by atoms with van der Waals surface area (Å²) < 4.78 is 23.4. The van der Waals surface area contributed by atoms with E-state index in [0.29, 0.717) is 23.9 Å². The number of hydrogen-bond acceptors (Lipinski definition) is 6. The summed E-state index contributed by atoms with van der Waals surface area (Å²) in [6.45, 7) is 4.61. The van der Waals surface area contributed by atoms with Crippen LogP contribution >= 0.6 is 7.82 Å². The Balaban J connectivity index is 4.28. The van der Waals surface area contributed by atoms with Crippen LogP contribution in [0.2, 0.25) is 0 Å². The van der Waals surface area contributed by atoms with Crippen LogP contribution in [0, 0.1) is 0 Å². The van der Waals surface area contributed by atoms with Crippen LogP contribution in [0.1, 0.15) is 226 Å². The van der Waals surface area contributed by atoms with Gasteiger partial charge in [-0.3, -0.25) is 9.36 Å². The Morgan fingerprint density at radius 2 is 0.968 bits per heavy atom. The van der Waals surface area contributed by atoms with Crippen LogP contribution in [0.25, 0.3) is 0 Å². The highest BCUT2D eigenvalue weighted by Gasteiger charge is 2.24. The number of nitrogens with zero attached hydrogens (tertiary/aromatic N) is 1. The smallest absolute Gasteiger partial charge is 0.268 e. The maximum atomic E-state index is 12.9. The molecule has 0 radical (unpaired) electrons. The molecule has 0 aromatic heterocycles. The van der Waals surface area contributed by atoms with Gasteiger partial charge in [0.15, 0.2) is 0 Å². The van der Waals surface area contributed by atoms with E-state index in [4.69, 9.17) is 9.05 Å². The largest absolute Gasteiger partial charge is 0.756 e. The van der Waals surface area contributed by atoms with E-state index in [0.717, 1.165) is 83.5 Å². The van der Waals surface area contributed by atoms with Gasteiger partial charge in [-0.15, -0.1) is 0 Å². The first kappa shape index (κ1) is 61.2. The number of rotatable bonds is 47. The number of likely N-dealkylation sites (N-methyl/N-ethyl adjacent to an activating group) is 1. The summed E-state index contributed by atoms with van der Waals surface area (Å²) in [6, 6.07) is -0.810. The molecule has 0 fully saturated rings. The zero-order chi connectivity index (χ0) is 46.4. The highest BCUT2D eigenvalue weighted by atomic mass is 31.2. The van der Waals surface area contributed by atoms with E-state index in [1.54, 1.807) is 0 Å². The fraction of sp³-hybridized carbons (Fsp3) is 0.796. The zero-order valence-electron chi connectivity index (χ0n) is 41.8. The number of aliphatic hydroxyl groups excluding tert-OH is 1. The van der Waals surface area contributed by atoms with Gasteiger partial charge >= 0.3 is 0 Å². The number of quaternary nitrogens is 1. The van der Waals surface area contributed by atoms with E-state index in [9.17, 15) is 19.4 Å². The maximum Gasteiger partial charge on any atom is 0.268 e. The third-order valence-electron chi connectivity index (χ3n) is 11.5. The number of phosphoric ester groups is 1. The van der Waals surface area contributed by atoms with E-state index in [1.165, 1.54) is 116 Å². The van der Waals surface area contributed by atoms with Gasteiger partial charge in [0.1, 0.15) is 13.2 Å². The minimum Gasteiger partial charge on any atom is -0.756 e. The Morgan fingerprint density at radius 1 is 0.571 bits per heavy atom. The van der Waals surface area contributed by atoms with Gasteiger partial charge in [-0.25, -0.2) is 0 Å². The molecule has 0 heterocycles. The second-order valence-electron chi connectivity index (χ2n) is 18.9. The zero-order valence-corrected chi connectivity index (χ0v) is 42.7. The van der Waals surface area contributed by atoms with Crippen molar-refractivity contribution < 1.29 is 32.9 Å². The molecule has 1 amide bonds. The SMILES string of the molecule is CC/C=C\C/C=C\C/C=C\C/C=C\C/C=C\CCCCCCCCCC(=O)NC(COP(=O)([O-])OCC[N+](C)(C)C)C(O)CCCCCCCCCCCCCCCCCCCC. The molecule has 0 saturated heterocycles. The Bertz CT molecular complexity index is 1210. The first-order valence-electron chi connectivity index (χ1n) is 26.1. The summed E-state index contributed by atoms with van der Waals surface area (Å²) >= 11 is 0. The van der Waals surface area contributed by atoms with E-state index in [2.05, 4.69) is 79.9 Å². The van der Waals surface area contributed by atoms with Crippen LogP contribution in [0.4, 0.5) is 0 Å². The van der Waals surface area contributed by atoms with Crippen molar-refractivity contribution in [2.45, 2.75) is 238 Å². The van der Waals surface area contributed by atoms with Gasteiger partial charge in [-0.1, -0.05) is 222 Å². The van der Waals surface area contributed by atoms with Gasteiger partial charge in [-0.2, -0.15) is 0 Å². The minimum absolute atomic E-state index is 0.00741. The molecular formula is C54H101N2O6P. The molecule has 63 heavy (non-hydrogen) atoms. The standard InChI is InChI=1S/C54H101N2O6P/c1-6-8-10-12-14-16-18-20-22-24-26-27-28-29-30-32-34-36-38-40-42-44-46-48-54(58)55-52(51-62-63(59,60)61-50-49-56(3,4)5)53(57)47-45-43-41-39-37-35-33-31-25-23-21-19-17-15-13-11-9-7-2/h8,10,14,16,20,22,26-27,29-30,52-53,57H,6-7,9,11-13,15,17-19,21,23-25,28,31-51H2,1-5H3,(H-,55,58,59,60)/b10-8-,16-14-,22-20-,27-26-,30-29-. The van der Waals surface area contributed by atoms with Crippen LogP contribution in [-0.2, 0) is 18.4 Å². The molecule has 9 heteroatoms. The van der Waals surface area contributed by atoms with Gasteiger partial charge in [0, 0.05) is 6.42 Å². The van der Waals surface area contributed by atoms with Crippen molar-refractivity contribution in [3.05, 3.63) is 60.8 Å². The lowest BCUT2D eigenvalue weighted by Gasteiger charge is -2.30. The molecule has 0 bridgehead atoms. The van der Waals surface area contributed by atoms with E-state index < -0.39 is 20.0 Å². The number of amides is 1. The molecule has 3 unspecified atom stereocenters. The summed E-state index contributed by atoms with van der Waals surface area (Å²) in [7, 11) is 1.29. The van der Waals surface area contributed by atoms with Crippen LogP contribution < -0.4 is 10.2 Å². The third-order valence-corrected chi connectivity index (χ3v) is 12.5. The average Bonchev–Trinajstić information content (AvgIpc) is 3.24. The van der Waals surface area contributed by atoms with E-state index in [-0.39, 0.29) is 19.1 Å². The summed E-state index contributed by atoms with van der Waals surface area (Å²) in [5, 5.41) is 14.0. The van der Waals surface area contributed by atoms with Gasteiger partial charge in [0.2, 0.25) is 5.91 Å². The summed E-state index contributed by atoms with van der Waals surface area (Å²) in [4.78, 5) is 25.5. The molecule has 0 rings (SSSR count). The fourth-order valence-electron chi connectivity index (χ4n) is 7.42. The number of phosphoric acid groups is 1. The third kappa shape index (κ3) is 48.0. The normalized spacial score (nSPS) is 14.6. The summed E-state index contributed by atoms with van der Waals surface area (Å²) in [6.07, 6.45) is 59.4. The van der Waals surface area contributed by atoms with Crippen molar-refractivity contribution >= 4 is 13.7 Å². The van der Waals surface area contributed by atoms with Gasteiger partial charge < -0.3 is 28.8 Å². The molecule has 0 aliphatic rings. The van der Waals surface area contributed by atoms with Crippen LogP contribution in [0.5, 0.6) is 0 Å². The highest BCUT2D eigenvalue weighted by molar-refractivity contribution is 7.45. The maximum absolute atomic E-state index is 12.9. The van der Waals surface area contributed by atoms with Crippen LogP contribution in [0.3, 0.4) is 0 Å². The van der Waals surface area contributed by atoms with Crippen LogP contribution in [0.15, 0.2) is 60.8 Å².